The maximum absolute atomic E-state index is 10.9. The van der Waals surface area contributed by atoms with Crippen LogP contribution in [-0.2, 0) is 0 Å². The predicted molar refractivity (Wildman–Crippen MR) is 57.6 cm³/mol. The van der Waals surface area contributed by atoms with E-state index in [0.717, 1.165) is 6.07 Å². The molecule has 1 aromatic heterocycles. The van der Waals surface area contributed by atoms with Crippen LogP contribution in [0.1, 0.15) is 10.4 Å². The Labute approximate surface area is 94.9 Å². The first kappa shape index (κ1) is 10.8. The van der Waals surface area contributed by atoms with Crippen molar-refractivity contribution in [3.8, 4) is 11.3 Å². The number of H-pyrrole nitrogens is 1. The van der Waals surface area contributed by atoms with Crippen LogP contribution >= 0.6 is 0 Å². The molecule has 0 spiro atoms. The van der Waals surface area contributed by atoms with Crippen molar-refractivity contribution in [2.24, 2.45) is 0 Å². The first-order valence-electron chi connectivity index (χ1n) is 4.61. The number of aromatic amines is 1. The molecular formula is C10H7N3O4. The number of benzene rings is 1. The van der Waals surface area contributed by atoms with Crippen molar-refractivity contribution in [1.82, 2.24) is 10.2 Å². The van der Waals surface area contributed by atoms with Gasteiger partial charge in [0, 0.05) is 12.3 Å². The van der Waals surface area contributed by atoms with Crippen molar-refractivity contribution in [1.29, 1.82) is 0 Å². The Balaban J connectivity index is 2.61. The zero-order valence-corrected chi connectivity index (χ0v) is 8.45. The minimum Gasteiger partial charge on any atom is -0.478 e. The van der Waals surface area contributed by atoms with Gasteiger partial charge < -0.3 is 5.11 Å². The Hall–Kier alpha value is -2.70. The Morgan fingerprint density at radius 3 is 2.71 bits per heavy atom. The lowest BCUT2D eigenvalue weighted by atomic mass is 10.1. The van der Waals surface area contributed by atoms with Crippen molar-refractivity contribution >= 4 is 11.7 Å². The molecule has 0 aliphatic heterocycles. The molecule has 1 aromatic carbocycles. The molecule has 0 atom stereocenters. The molecule has 0 amide bonds. The van der Waals surface area contributed by atoms with E-state index >= 15 is 0 Å². The summed E-state index contributed by atoms with van der Waals surface area (Å²) in [6.07, 6.45) is 1.53. The van der Waals surface area contributed by atoms with E-state index in [1.54, 1.807) is 6.07 Å². The van der Waals surface area contributed by atoms with Gasteiger partial charge in [-0.2, -0.15) is 5.10 Å². The number of nitro benzene ring substituents is 1. The quantitative estimate of drug-likeness (QED) is 0.619. The molecule has 86 valence electrons. The molecule has 7 nitrogen and oxygen atoms in total. The largest absolute Gasteiger partial charge is 0.478 e. The number of nitrogens with zero attached hydrogens (tertiary/aromatic N) is 2. The van der Waals surface area contributed by atoms with E-state index in [2.05, 4.69) is 10.2 Å². The lowest BCUT2D eigenvalue weighted by Crippen LogP contribution is -1.99. The molecule has 2 rings (SSSR count). The summed E-state index contributed by atoms with van der Waals surface area (Å²) in [6, 6.07) is 5.27. The lowest BCUT2D eigenvalue weighted by Gasteiger charge is -2.00. The van der Waals surface area contributed by atoms with Gasteiger partial charge in [0.25, 0.3) is 5.69 Å². The third-order valence-electron chi connectivity index (χ3n) is 2.22. The number of carbonyl (C=O) groups is 1. The number of carboxylic acid groups (broad SMARTS) is 1. The Bertz CT molecular complexity index is 577. The molecule has 2 aromatic rings. The fraction of sp³-hybridized carbons (Fsp3) is 0. The topological polar surface area (TPSA) is 109 Å². The van der Waals surface area contributed by atoms with Crippen LogP contribution in [0.2, 0.25) is 0 Å². The van der Waals surface area contributed by atoms with Crippen LogP contribution in [0, 0.1) is 10.1 Å². The summed E-state index contributed by atoms with van der Waals surface area (Å²) in [5.41, 5.74) is 0.267. The zero-order chi connectivity index (χ0) is 12.4. The third kappa shape index (κ3) is 1.98. The van der Waals surface area contributed by atoms with E-state index in [0.29, 0.717) is 5.69 Å². The van der Waals surface area contributed by atoms with E-state index in [1.165, 1.54) is 18.3 Å². The highest BCUT2D eigenvalue weighted by molar-refractivity contribution is 5.90. The van der Waals surface area contributed by atoms with Gasteiger partial charge in [0.05, 0.1) is 21.7 Å². The van der Waals surface area contributed by atoms with Crippen molar-refractivity contribution in [3.63, 3.8) is 0 Å². The first-order valence-corrected chi connectivity index (χ1v) is 4.61. The normalized spacial score (nSPS) is 10.1. The number of hydrogen-bond acceptors (Lipinski definition) is 4. The monoisotopic (exact) mass is 233 g/mol. The maximum Gasteiger partial charge on any atom is 0.335 e. The second-order valence-corrected chi connectivity index (χ2v) is 3.25. The summed E-state index contributed by atoms with van der Waals surface area (Å²) in [7, 11) is 0. The average Bonchev–Trinajstić information content (AvgIpc) is 2.81. The number of carboxylic acids is 1. The highest BCUT2D eigenvalue weighted by Gasteiger charge is 2.19. The van der Waals surface area contributed by atoms with E-state index in [9.17, 15) is 14.9 Å². The van der Waals surface area contributed by atoms with Crippen LogP contribution in [-0.4, -0.2) is 26.2 Å². The van der Waals surface area contributed by atoms with Crippen molar-refractivity contribution in [3.05, 3.63) is 46.1 Å². The maximum atomic E-state index is 10.9. The predicted octanol–water partition coefficient (Wildman–Crippen LogP) is 1.68. The van der Waals surface area contributed by atoms with Gasteiger partial charge in [0.2, 0.25) is 0 Å². The SMILES string of the molecule is O=C(O)c1ccc(-c2cc[nH]n2)c([N+](=O)[O-])c1. The summed E-state index contributed by atoms with van der Waals surface area (Å²) in [5, 5.41) is 26.0. The molecule has 0 fully saturated rings. The van der Waals surface area contributed by atoms with Crippen LogP contribution in [0.25, 0.3) is 11.3 Å². The van der Waals surface area contributed by atoms with Crippen LogP contribution in [0.15, 0.2) is 30.5 Å². The molecule has 0 radical (unpaired) electrons. The summed E-state index contributed by atoms with van der Waals surface area (Å²) in [4.78, 5) is 21.0. The van der Waals surface area contributed by atoms with Crippen LogP contribution in [0.4, 0.5) is 5.69 Å². The van der Waals surface area contributed by atoms with Gasteiger partial charge in [-0.15, -0.1) is 0 Å². The van der Waals surface area contributed by atoms with E-state index in [4.69, 9.17) is 5.11 Å². The number of aromatic nitrogens is 2. The molecule has 0 saturated heterocycles. The van der Waals surface area contributed by atoms with Gasteiger partial charge in [-0.1, -0.05) is 0 Å². The van der Waals surface area contributed by atoms with Gasteiger partial charge in [-0.25, -0.2) is 4.79 Å². The standard InChI is InChI=1S/C10H7N3O4/c14-10(15)6-1-2-7(8-3-4-11-12-8)9(5-6)13(16)17/h1-5H,(H,11,12)(H,14,15). The second-order valence-electron chi connectivity index (χ2n) is 3.25. The van der Waals surface area contributed by atoms with E-state index in [1.807, 2.05) is 0 Å². The van der Waals surface area contributed by atoms with E-state index in [-0.39, 0.29) is 16.8 Å². The van der Waals surface area contributed by atoms with Crippen LogP contribution < -0.4 is 0 Å². The Morgan fingerprint density at radius 2 is 2.18 bits per heavy atom. The number of rotatable bonds is 3. The molecular weight excluding hydrogens is 226 g/mol. The van der Waals surface area contributed by atoms with Crippen molar-refractivity contribution in [2.45, 2.75) is 0 Å². The Kier molecular flexibility index (Phi) is 2.57. The van der Waals surface area contributed by atoms with Crippen LogP contribution in [0.3, 0.4) is 0 Å². The van der Waals surface area contributed by atoms with E-state index < -0.39 is 10.9 Å². The second kappa shape index (κ2) is 4.05. The van der Waals surface area contributed by atoms with Gasteiger partial charge in [0.15, 0.2) is 0 Å². The fourth-order valence-corrected chi connectivity index (χ4v) is 1.44. The fourth-order valence-electron chi connectivity index (χ4n) is 1.44. The minimum absolute atomic E-state index is 0.129. The minimum atomic E-state index is -1.21. The average molecular weight is 233 g/mol. The molecule has 0 unspecified atom stereocenters. The third-order valence-corrected chi connectivity index (χ3v) is 2.22. The molecule has 1 heterocycles. The molecule has 17 heavy (non-hydrogen) atoms. The summed E-state index contributed by atoms with van der Waals surface area (Å²) in [5.74, 6) is -1.21. The lowest BCUT2D eigenvalue weighted by molar-refractivity contribution is -0.384. The highest BCUT2D eigenvalue weighted by atomic mass is 16.6. The Morgan fingerprint density at radius 1 is 1.41 bits per heavy atom. The molecule has 2 N–H and O–H groups in total. The van der Waals surface area contributed by atoms with Gasteiger partial charge in [0.1, 0.15) is 0 Å². The van der Waals surface area contributed by atoms with Crippen molar-refractivity contribution < 1.29 is 14.8 Å². The number of nitro groups is 1. The summed E-state index contributed by atoms with van der Waals surface area (Å²) < 4.78 is 0. The summed E-state index contributed by atoms with van der Waals surface area (Å²) >= 11 is 0. The molecule has 0 aliphatic carbocycles. The van der Waals surface area contributed by atoms with Gasteiger partial charge >= 0.3 is 5.97 Å². The number of hydrogen-bond donors (Lipinski definition) is 2. The zero-order valence-electron chi connectivity index (χ0n) is 8.45. The molecule has 0 bridgehead atoms. The van der Waals surface area contributed by atoms with Gasteiger partial charge in [-0.05, 0) is 18.2 Å². The first-order chi connectivity index (χ1) is 8.09. The smallest absolute Gasteiger partial charge is 0.335 e. The number of aromatic carboxylic acids is 1. The van der Waals surface area contributed by atoms with Gasteiger partial charge in [-0.3, -0.25) is 15.2 Å². The van der Waals surface area contributed by atoms with Crippen molar-refractivity contribution in [2.75, 3.05) is 0 Å². The molecule has 0 aliphatic rings. The highest BCUT2D eigenvalue weighted by Crippen LogP contribution is 2.29. The number of nitrogens with one attached hydrogen (secondary N) is 1. The van der Waals surface area contributed by atoms with Crippen LogP contribution in [0.5, 0.6) is 0 Å². The molecule has 7 heteroatoms. The summed E-state index contributed by atoms with van der Waals surface area (Å²) in [6.45, 7) is 0. The molecule has 0 saturated carbocycles.